The van der Waals surface area contributed by atoms with Gasteiger partial charge in [-0.1, -0.05) is 42.5 Å². The molecule has 0 bridgehead atoms. The number of hydrogen-bond donors (Lipinski definition) is 0. The summed E-state index contributed by atoms with van der Waals surface area (Å²) in [6.45, 7) is 1.72. The third-order valence-electron chi connectivity index (χ3n) is 4.62. The van der Waals surface area contributed by atoms with Crippen molar-refractivity contribution in [1.82, 2.24) is 4.90 Å². The van der Waals surface area contributed by atoms with Crippen molar-refractivity contribution < 1.29 is 14.5 Å². The van der Waals surface area contributed by atoms with Gasteiger partial charge in [0.1, 0.15) is 5.75 Å². The minimum absolute atomic E-state index is 0.00705. The Bertz CT molecular complexity index is 987. The first-order valence-corrected chi connectivity index (χ1v) is 8.57. The molecule has 0 saturated heterocycles. The SMILES string of the molecule is C[C@@H](c1cccc([N+](=O)[O-])c1)N(C)C(=O)COc1ccc2ccccc2c1. The maximum absolute atomic E-state index is 12.5. The number of hydrogen-bond acceptors (Lipinski definition) is 4. The van der Waals surface area contributed by atoms with E-state index in [0.29, 0.717) is 11.3 Å². The van der Waals surface area contributed by atoms with Gasteiger partial charge < -0.3 is 9.64 Å². The molecule has 3 aromatic carbocycles. The van der Waals surface area contributed by atoms with Crippen molar-refractivity contribution in [3.05, 3.63) is 82.4 Å². The number of non-ortho nitro benzene ring substituents is 1. The van der Waals surface area contributed by atoms with Gasteiger partial charge in [0.25, 0.3) is 11.6 Å². The predicted molar refractivity (Wildman–Crippen MR) is 104 cm³/mol. The first-order chi connectivity index (χ1) is 13.0. The van der Waals surface area contributed by atoms with Gasteiger partial charge in [0.15, 0.2) is 6.61 Å². The molecule has 0 saturated carbocycles. The van der Waals surface area contributed by atoms with Gasteiger partial charge >= 0.3 is 0 Å². The maximum atomic E-state index is 12.5. The number of ether oxygens (including phenoxy) is 1. The molecule has 27 heavy (non-hydrogen) atoms. The molecule has 0 aliphatic carbocycles. The zero-order valence-corrected chi connectivity index (χ0v) is 15.2. The highest BCUT2D eigenvalue weighted by Crippen LogP contribution is 2.24. The van der Waals surface area contributed by atoms with Gasteiger partial charge in [-0.2, -0.15) is 0 Å². The van der Waals surface area contributed by atoms with Crippen LogP contribution in [0.3, 0.4) is 0 Å². The Morgan fingerprint density at radius 2 is 1.81 bits per heavy atom. The smallest absolute Gasteiger partial charge is 0.269 e. The van der Waals surface area contributed by atoms with Crippen LogP contribution in [0.4, 0.5) is 5.69 Å². The van der Waals surface area contributed by atoms with E-state index in [1.54, 1.807) is 19.2 Å². The summed E-state index contributed by atoms with van der Waals surface area (Å²) in [6.07, 6.45) is 0. The molecule has 1 amide bonds. The molecular weight excluding hydrogens is 344 g/mol. The first kappa shape index (κ1) is 18.4. The Kier molecular flexibility index (Phi) is 5.35. The van der Waals surface area contributed by atoms with Crippen molar-refractivity contribution >= 4 is 22.4 Å². The molecule has 0 aromatic heterocycles. The van der Waals surface area contributed by atoms with E-state index in [-0.39, 0.29) is 24.2 Å². The number of benzene rings is 3. The lowest BCUT2D eigenvalue weighted by molar-refractivity contribution is -0.384. The van der Waals surface area contributed by atoms with Gasteiger partial charge in [0.2, 0.25) is 0 Å². The number of nitro groups is 1. The number of nitro benzene ring substituents is 1. The number of nitrogens with zero attached hydrogens (tertiary/aromatic N) is 2. The van der Waals surface area contributed by atoms with Crippen molar-refractivity contribution in [2.75, 3.05) is 13.7 Å². The number of rotatable bonds is 6. The van der Waals surface area contributed by atoms with Crippen molar-refractivity contribution in [2.24, 2.45) is 0 Å². The van der Waals surface area contributed by atoms with Crippen LogP contribution in [-0.2, 0) is 4.79 Å². The second-order valence-corrected chi connectivity index (χ2v) is 6.33. The van der Waals surface area contributed by atoms with Crippen LogP contribution in [0.25, 0.3) is 10.8 Å². The van der Waals surface area contributed by atoms with Crippen molar-refractivity contribution in [1.29, 1.82) is 0 Å². The standard InChI is InChI=1S/C21H20N2O4/c1-15(17-8-5-9-19(12-17)23(25)26)22(2)21(24)14-27-20-11-10-16-6-3-4-7-18(16)13-20/h3-13,15H,14H2,1-2H3/t15-/m0/s1. The second-order valence-electron chi connectivity index (χ2n) is 6.33. The third-order valence-corrected chi connectivity index (χ3v) is 4.62. The summed E-state index contributed by atoms with van der Waals surface area (Å²) in [7, 11) is 1.66. The lowest BCUT2D eigenvalue weighted by Crippen LogP contribution is -2.33. The van der Waals surface area contributed by atoms with E-state index < -0.39 is 4.92 Å². The summed E-state index contributed by atoms with van der Waals surface area (Å²) in [5.41, 5.74) is 0.707. The quantitative estimate of drug-likeness (QED) is 0.482. The fourth-order valence-corrected chi connectivity index (χ4v) is 2.84. The van der Waals surface area contributed by atoms with Gasteiger partial charge in [-0.15, -0.1) is 0 Å². The Morgan fingerprint density at radius 3 is 2.56 bits per heavy atom. The fraction of sp³-hybridized carbons (Fsp3) is 0.190. The molecule has 138 valence electrons. The van der Waals surface area contributed by atoms with Gasteiger partial charge in [0, 0.05) is 19.2 Å². The third kappa shape index (κ3) is 4.23. The summed E-state index contributed by atoms with van der Waals surface area (Å²) in [5, 5.41) is 13.1. The normalized spacial score (nSPS) is 11.8. The van der Waals surface area contributed by atoms with Crippen LogP contribution in [-0.4, -0.2) is 29.4 Å². The van der Waals surface area contributed by atoms with E-state index in [0.717, 1.165) is 10.8 Å². The van der Waals surface area contributed by atoms with Gasteiger partial charge in [-0.25, -0.2) is 0 Å². The van der Waals surface area contributed by atoms with Crippen LogP contribution >= 0.6 is 0 Å². The molecule has 3 rings (SSSR count). The highest BCUT2D eigenvalue weighted by Gasteiger charge is 2.19. The van der Waals surface area contributed by atoms with Gasteiger partial charge in [-0.05, 0) is 35.4 Å². The lowest BCUT2D eigenvalue weighted by Gasteiger charge is -2.25. The lowest BCUT2D eigenvalue weighted by atomic mass is 10.1. The van der Waals surface area contributed by atoms with Crippen LogP contribution in [0.15, 0.2) is 66.7 Å². The molecule has 0 fully saturated rings. The Hall–Kier alpha value is -3.41. The highest BCUT2D eigenvalue weighted by atomic mass is 16.6. The molecular formula is C21H20N2O4. The zero-order chi connectivity index (χ0) is 19.4. The predicted octanol–water partition coefficient (Wildman–Crippen LogP) is 4.35. The molecule has 0 spiro atoms. The average molecular weight is 364 g/mol. The minimum Gasteiger partial charge on any atom is -0.484 e. The van der Waals surface area contributed by atoms with E-state index in [9.17, 15) is 14.9 Å². The molecule has 0 radical (unpaired) electrons. The van der Waals surface area contributed by atoms with Crippen molar-refractivity contribution in [3.8, 4) is 5.75 Å². The average Bonchev–Trinajstić information content (AvgIpc) is 2.70. The number of amides is 1. The summed E-state index contributed by atoms with van der Waals surface area (Å²) in [4.78, 5) is 24.5. The number of likely N-dealkylation sites (N-methyl/N-ethyl adjacent to an activating group) is 1. The van der Waals surface area contributed by atoms with E-state index in [1.165, 1.54) is 17.0 Å². The summed E-state index contributed by atoms with van der Waals surface area (Å²) in [5.74, 6) is 0.417. The molecule has 0 heterocycles. The molecule has 0 aliphatic heterocycles. The van der Waals surface area contributed by atoms with Crippen LogP contribution in [0.5, 0.6) is 5.75 Å². The van der Waals surface area contributed by atoms with Crippen LogP contribution in [0.2, 0.25) is 0 Å². The largest absolute Gasteiger partial charge is 0.484 e. The van der Waals surface area contributed by atoms with Crippen LogP contribution in [0.1, 0.15) is 18.5 Å². The zero-order valence-electron chi connectivity index (χ0n) is 15.2. The summed E-state index contributed by atoms with van der Waals surface area (Å²) >= 11 is 0. The van der Waals surface area contributed by atoms with Crippen molar-refractivity contribution in [2.45, 2.75) is 13.0 Å². The molecule has 3 aromatic rings. The van der Waals surface area contributed by atoms with E-state index >= 15 is 0 Å². The van der Waals surface area contributed by atoms with Crippen molar-refractivity contribution in [3.63, 3.8) is 0 Å². The topological polar surface area (TPSA) is 72.7 Å². The van der Waals surface area contributed by atoms with Crippen LogP contribution < -0.4 is 4.74 Å². The monoisotopic (exact) mass is 364 g/mol. The molecule has 0 unspecified atom stereocenters. The van der Waals surface area contributed by atoms with Gasteiger partial charge in [-0.3, -0.25) is 14.9 Å². The molecule has 6 heteroatoms. The van der Waals surface area contributed by atoms with Crippen LogP contribution in [0, 0.1) is 10.1 Å². The van der Waals surface area contributed by atoms with E-state index in [2.05, 4.69) is 0 Å². The van der Waals surface area contributed by atoms with E-state index in [4.69, 9.17) is 4.74 Å². The Labute approximate surface area is 157 Å². The summed E-state index contributed by atoms with van der Waals surface area (Å²) in [6, 6.07) is 19.6. The molecule has 6 nitrogen and oxygen atoms in total. The summed E-state index contributed by atoms with van der Waals surface area (Å²) < 4.78 is 5.65. The minimum atomic E-state index is -0.444. The number of carbonyl (C=O) groups is 1. The Morgan fingerprint density at radius 1 is 1.07 bits per heavy atom. The van der Waals surface area contributed by atoms with Gasteiger partial charge in [0.05, 0.1) is 11.0 Å². The van der Waals surface area contributed by atoms with E-state index in [1.807, 2.05) is 49.4 Å². The Balaban J connectivity index is 1.65. The first-order valence-electron chi connectivity index (χ1n) is 8.57. The fourth-order valence-electron chi connectivity index (χ4n) is 2.84. The second kappa shape index (κ2) is 7.86. The maximum Gasteiger partial charge on any atom is 0.269 e. The molecule has 0 aliphatic rings. The number of carbonyl (C=O) groups excluding carboxylic acids is 1. The molecule has 0 N–H and O–H groups in total. The molecule has 1 atom stereocenters. The highest BCUT2D eigenvalue weighted by molar-refractivity contribution is 5.84. The number of fused-ring (bicyclic) bond motifs is 1.